The molecule has 0 atom stereocenters. The number of carbonyl (C=O) groups is 1. The zero-order valence-corrected chi connectivity index (χ0v) is 13.4. The summed E-state index contributed by atoms with van der Waals surface area (Å²) in [4.78, 5) is 26.4. The number of ether oxygens (including phenoxy) is 1. The summed E-state index contributed by atoms with van der Waals surface area (Å²) < 4.78 is 6.80. The monoisotopic (exact) mass is 341 g/mol. The molecule has 0 unspecified atom stereocenters. The number of aromatic carboxylic acids is 1. The Labute approximate surface area is 142 Å². The lowest BCUT2D eigenvalue weighted by molar-refractivity contribution is -0.383. The number of benzene rings is 1. The summed E-state index contributed by atoms with van der Waals surface area (Å²) in [7, 11) is 1.57. The number of fused-ring (bicyclic) bond motifs is 1. The highest BCUT2D eigenvalue weighted by Crippen LogP contribution is 2.32. The van der Waals surface area contributed by atoms with Crippen LogP contribution in [0.2, 0.25) is 0 Å². The molecule has 3 rings (SSSR count). The van der Waals surface area contributed by atoms with Crippen LogP contribution in [0.1, 0.15) is 10.4 Å². The van der Waals surface area contributed by atoms with E-state index >= 15 is 0 Å². The molecule has 1 aromatic carbocycles. The number of pyridine rings is 1. The van der Waals surface area contributed by atoms with Gasteiger partial charge in [-0.1, -0.05) is 0 Å². The highest BCUT2D eigenvalue weighted by molar-refractivity contribution is 5.94. The van der Waals surface area contributed by atoms with Gasteiger partial charge in [-0.3, -0.25) is 15.1 Å². The van der Waals surface area contributed by atoms with E-state index in [-0.39, 0.29) is 11.3 Å². The summed E-state index contributed by atoms with van der Waals surface area (Å²) in [5, 5.41) is 21.3. The first-order chi connectivity index (χ1) is 12.0. The molecule has 0 amide bonds. The first-order valence-electron chi connectivity index (χ1n) is 7.47. The Balaban J connectivity index is 2.17. The zero-order valence-electron chi connectivity index (χ0n) is 13.4. The lowest BCUT2D eigenvalue weighted by Gasteiger charge is -2.07. The van der Waals surface area contributed by atoms with Gasteiger partial charge in [-0.05, 0) is 24.3 Å². The van der Waals surface area contributed by atoms with Gasteiger partial charge in [0.15, 0.2) is 0 Å². The molecule has 0 fully saturated rings. The van der Waals surface area contributed by atoms with Crippen LogP contribution in [0.3, 0.4) is 0 Å². The van der Waals surface area contributed by atoms with E-state index in [4.69, 9.17) is 9.84 Å². The molecular formula is C17H15N3O5. The zero-order chi connectivity index (χ0) is 18.0. The highest BCUT2D eigenvalue weighted by atomic mass is 16.6. The summed E-state index contributed by atoms with van der Waals surface area (Å²) in [5.41, 5.74) is 1.38. The number of non-ortho nitro benzene ring substituents is 1. The van der Waals surface area contributed by atoms with Crippen molar-refractivity contribution in [1.82, 2.24) is 9.55 Å². The van der Waals surface area contributed by atoms with E-state index in [0.29, 0.717) is 35.3 Å². The number of hydrogen-bond acceptors (Lipinski definition) is 5. The lowest BCUT2D eigenvalue weighted by atomic mass is 10.1. The molecule has 1 N–H and O–H groups in total. The molecule has 25 heavy (non-hydrogen) atoms. The van der Waals surface area contributed by atoms with Gasteiger partial charge in [-0.25, -0.2) is 4.79 Å². The number of rotatable bonds is 6. The van der Waals surface area contributed by atoms with E-state index in [0.717, 1.165) is 0 Å². The average molecular weight is 341 g/mol. The third-order valence-electron chi connectivity index (χ3n) is 3.88. The van der Waals surface area contributed by atoms with Crippen molar-refractivity contribution in [2.75, 3.05) is 13.7 Å². The molecule has 0 spiro atoms. The van der Waals surface area contributed by atoms with E-state index in [1.165, 1.54) is 24.4 Å². The molecule has 0 bridgehead atoms. The molecule has 3 aromatic rings. The van der Waals surface area contributed by atoms with E-state index in [2.05, 4.69) is 4.98 Å². The minimum atomic E-state index is -1.08. The van der Waals surface area contributed by atoms with Crippen molar-refractivity contribution in [3.8, 4) is 11.3 Å². The third kappa shape index (κ3) is 3.20. The lowest BCUT2D eigenvalue weighted by Crippen LogP contribution is -2.04. The molecule has 2 aromatic heterocycles. The fourth-order valence-electron chi connectivity index (χ4n) is 2.71. The molecule has 2 heterocycles. The van der Waals surface area contributed by atoms with E-state index in [1.807, 2.05) is 0 Å². The van der Waals surface area contributed by atoms with Gasteiger partial charge in [0.05, 0.1) is 22.8 Å². The van der Waals surface area contributed by atoms with Crippen LogP contribution in [0, 0.1) is 10.1 Å². The van der Waals surface area contributed by atoms with E-state index in [1.54, 1.807) is 30.0 Å². The Bertz CT molecular complexity index is 964. The van der Waals surface area contributed by atoms with Crippen LogP contribution in [-0.4, -0.2) is 39.3 Å². The van der Waals surface area contributed by atoms with Crippen molar-refractivity contribution < 1.29 is 19.6 Å². The van der Waals surface area contributed by atoms with E-state index in [9.17, 15) is 14.9 Å². The summed E-state index contributed by atoms with van der Waals surface area (Å²) in [6.07, 6.45) is 3.14. The quantitative estimate of drug-likeness (QED) is 0.545. The van der Waals surface area contributed by atoms with Crippen LogP contribution in [0.15, 0.2) is 42.7 Å². The maximum atomic E-state index is 11.5. The van der Waals surface area contributed by atoms with Crippen LogP contribution in [0.4, 0.5) is 5.69 Å². The van der Waals surface area contributed by atoms with Gasteiger partial charge in [-0.15, -0.1) is 0 Å². The fourth-order valence-corrected chi connectivity index (χ4v) is 2.71. The molecule has 0 saturated heterocycles. The first kappa shape index (κ1) is 16.6. The predicted molar refractivity (Wildman–Crippen MR) is 90.7 cm³/mol. The minimum absolute atomic E-state index is 0.0591. The maximum absolute atomic E-state index is 11.5. The van der Waals surface area contributed by atoms with Gasteiger partial charge >= 0.3 is 5.97 Å². The Hall–Kier alpha value is -3.26. The van der Waals surface area contributed by atoms with Gasteiger partial charge in [0.1, 0.15) is 5.52 Å². The van der Waals surface area contributed by atoms with Crippen molar-refractivity contribution >= 4 is 22.6 Å². The standard InChI is InChI=1S/C17H15N3O5/c1-25-7-6-19-5-3-11-8-13(10-15(16(11)19)20(23)24)14-9-12(17(21)22)2-4-18-14/h2-5,8-10H,6-7H2,1H3,(H,21,22). The van der Waals surface area contributed by atoms with Crippen LogP contribution < -0.4 is 0 Å². The fraction of sp³-hybridized carbons (Fsp3) is 0.176. The second-order valence-corrected chi connectivity index (χ2v) is 5.43. The average Bonchev–Trinajstić information content (AvgIpc) is 3.02. The summed E-state index contributed by atoms with van der Waals surface area (Å²) >= 11 is 0. The smallest absolute Gasteiger partial charge is 0.335 e. The molecule has 8 nitrogen and oxygen atoms in total. The Morgan fingerprint density at radius 2 is 2.16 bits per heavy atom. The van der Waals surface area contributed by atoms with Crippen LogP contribution in [-0.2, 0) is 11.3 Å². The van der Waals surface area contributed by atoms with Gasteiger partial charge < -0.3 is 14.4 Å². The van der Waals surface area contributed by atoms with Crippen molar-refractivity contribution in [3.63, 3.8) is 0 Å². The second-order valence-electron chi connectivity index (χ2n) is 5.43. The van der Waals surface area contributed by atoms with Gasteiger partial charge in [0, 0.05) is 43.1 Å². The largest absolute Gasteiger partial charge is 0.478 e. The third-order valence-corrected chi connectivity index (χ3v) is 3.88. The normalized spacial score (nSPS) is 10.9. The van der Waals surface area contributed by atoms with Gasteiger partial charge in [-0.2, -0.15) is 0 Å². The topological polar surface area (TPSA) is 107 Å². The summed E-state index contributed by atoms with van der Waals surface area (Å²) in [5.74, 6) is -1.08. The van der Waals surface area contributed by atoms with Crippen LogP contribution >= 0.6 is 0 Å². The number of nitro groups is 1. The second kappa shape index (κ2) is 6.70. The molecule has 0 saturated carbocycles. The van der Waals surface area contributed by atoms with Crippen molar-refractivity contribution in [3.05, 3.63) is 58.4 Å². The number of methoxy groups -OCH3 is 1. The molecule has 0 aliphatic heterocycles. The highest BCUT2D eigenvalue weighted by Gasteiger charge is 2.19. The number of aromatic nitrogens is 2. The predicted octanol–water partition coefficient (Wildman–Crippen LogP) is 2.96. The Morgan fingerprint density at radius 3 is 2.84 bits per heavy atom. The molecule has 8 heteroatoms. The first-order valence-corrected chi connectivity index (χ1v) is 7.47. The number of hydrogen-bond donors (Lipinski definition) is 1. The molecule has 0 aliphatic rings. The molecule has 0 aliphatic carbocycles. The number of carboxylic acids is 1. The van der Waals surface area contributed by atoms with E-state index < -0.39 is 10.9 Å². The summed E-state index contributed by atoms with van der Waals surface area (Å²) in [6.45, 7) is 0.928. The van der Waals surface area contributed by atoms with Crippen molar-refractivity contribution in [2.45, 2.75) is 6.54 Å². The molecular weight excluding hydrogens is 326 g/mol. The van der Waals surface area contributed by atoms with Crippen molar-refractivity contribution in [2.24, 2.45) is 0 Å². The summed E-state index contributed by atoms with van der Waals surface area (Å²) in [6, 6.07) is 7.73. The molecule has 128 valence electrons. The number of carboxylic acid groups (broad SMARTS) is 1. The van der Waals surface area contributed by atoms with Crippen LogP contribution in [0.25, 0.3) is 22.2 Å². The number of nitro benzene ring substituents is 1. The minimum Gasteiger partial charge on any atom is -0.478 e. The number of nitrogens with zero attached hydrogens (tertiary/aromatic N) is 3. The Morgan fingerprint density at radius 1 is 1.36 bits per heavy atom. The van der Waals surface area contributed by atoms with Crippen LogP contribution in [0.5, 0.6) is 0 Å². The maximum Gasteiger partial charge on any atom is 0.335 e. The SMILES string of the molecule is COCCn1ccc2cc(-c3cc(C(=O)O)ccn3)cc([N+](=O)[O-])c21. The van der Waals surface area contributed by atoms with Gasteiger partial charge in [0.25, 0.3) is 5.69 Å². The van der Waals surface area contributed by atoms with Crippen molar-refractivity contribution in [1.29, 1.82) is 0 Å². The Kier molecular flexibility index (Phi) is 4.44. The molecule has 0 radical (unpaired) electrons. The van der Waals surface area contributed by atoms with Gasteiger partial charge in [0.2, 0.25) is 0 Å².